The Kier molecular flexibility index (Phi) is 2.64. The highest BCUT2D eigenvalue weighted by Crippen LogP contribution is 2.41. The number of carbonyl (C=O) groups is 1. The summed E-state index contributed by atoms with van der Waals surface area (Å²) in [6.45, 7) is 9.70. The number of fused-ring (bicyclic) bond motifs is 1. The molecule has 0 unspecified atom stereocenters. The molecule has 0 radical (unpaired) electrons. The number of amides is 1. The Labute approximate surface area is 102 Å². The van der Waals surface area contributed by atoms with Gasteiger partial charge in [-0.25, -0.2) is 0 Å². The summed E-state index contributed by atoms with van der Waals surface area (Å²) in [5.74, 6) is 0.968. The van der Waals surface area contributed by atoms with Crippen molar-refractivity contribution in [3.63, 3.8) is 0 Å². The number of rotatable bonds is 1. The van der Waals surface area contributed by atoms with E-state index >= 15 is 0 Å². The molecule has 1 amide bonds. The van der Waals surface area contributed by atoms with Crippen LogP contribution in [-0.4, -0.2) is 11.5 Å². The molecule has 3 nitrogen and oxygen atoms in total. The number of ether oxygens (including phenoxy) is 1. The zero-order valence-electron chi connectivity index (χ0n) is 11.1. The fraction of sp³-hybridized carbons (Fsp3) is 0.500. The van der Waals surface area contributed by atoms with Crippen LogP contribution in [0.1, 0.15) is 41.0 Å². The number of hydrogen-bond donors (Lipinski definition) is 1. The lowest BCUT2D eigenvalue weighted by atomic mass is 9.91. The predicted octanol–water partition coefficient (Wildman–Crippen LogP) is 2.81. The largest absolute Gasteiger partial charge is 0.483 e. The topological polar surface area (TPSA) is 38.3 Å². The van der Waals surface area contributed by atoms with Gasteiger partial charge in [-0.05, 0) is 44.9 Å². The molecule has 0 aromatic rings. The Morgan fingerprint density at radius 2 is 2.00 bits per heavy atom. The third-order valence-electron chi connectivity index (χ3n) is 3.23. The van der Waals surface area contributed by atoms with Crippen LogP contribution in [0.25, 0.3) is 0 Å². The van der Waals surface area contributed by atoms with Crippen LogP contribution in [0.4, 0.5) is 0 Å². The number of hydrogen-bond acceptors (Lipinski definition) is 2. The first-order valence-electron chi connectivity index (χ1n) is 5.90. The Balaban J connectivity index is 2.40. The van der Waals surface area contributed by atoms with Crippen molar-refractivity contribution in [2.24, 2.45) is 0 Å². The Morgan fingerprint density at radius 3 is 2.59 bits per heavy atom. The third kappa shape index (κ3) is 2.14. The first kappa shape index (κ1) is 12.0. The minimum atomic E-state index is -0.238. The second-order valence-electron chi connectivity index (χ2n) is 5.29. The van der Waals surface area contributed by atoms with Gasteiger partial charge in [-0.3, -0.25) is 4.79 Å². The molecule has 0 saturated heterocycles. The summed E-state index contributed by atoms with van der Waals surface area (Å²) in [5.41, 5.74) is 4.17. The lowest BCUT2D eigenvalue weighted by molar-refractivity contribution is -0.118. The smallest absolute Gasteiger partial charge is 0.221 e. The predicted molar refractivity (Wildman–Crippen MR) is 67.1 cm³/mol. The summed E-state index contributed by atoms with van der Waals surface area (Å²) in [4.78, 5) is 11.2. The van der Waals surface area contributed by atoms with Crippen LogP contribution in [-0.2, 0) is 9.53 Å². The molecule has 3 heteroatoms. The first-order valence-corrected chi connectivity index (χ1v) is 5.90. The Bertz CT molecular complexity index is 478. The van der Waals surface area contributed by atoms with Crippen molar-refractivity contribution < 1.29 is 9.53 Å². The van der Waals surface area contributed by atoms with Crippen molar-refractivity contribution in [3.05, 3.63) is 34.3 Å². The van der Waals surface area contributed by atoms with Crippen LogP contribution in [0.2, 0.25) is 0 Å². The van der Waals surface area contributed by atoms with Gasteiger partial charge in [-0.15, -0.1) is 0 Å². The highest BCUT2D eigenvalue weighted by atomic mass is 16.5. The molecular formula is C14H19NO2. The second kappa shape index (κ2) is 3.76. The SMILES string of the molecule is CC(=O)NC1=C(C)C(C)=C2OC(C)(C)C=C2C1. The molecule has 1 heterocycles. The van der Waals surface area contributed by atoms with Crippen molar-refractivity contribution in [1.82, 2.24) is 5.32 Å². The summed E-state index contributed by atoms with van der Waals surface area (Å²) >= 11 is 0. The van der Waals surface area contributed by atoms with Gasteiger partial charge < -0.3 is 10.1 Å². The van der Waals surface area contributed by atoms with Gasteiger partial charge in [0.25, 0.3) is 0 Å². The standard InChI is InChI=1S/C14H19NO2/c1-8-9(2)13-11(7-14(4,5)17-13)6-12(8)15-10(3)16/h7H,6H2,1-5H3,(H,15,16). The summed E-state index contributed by atoms with van der Waals surface area (Å²) in [5, 5.41) is 2.91. The van der Waals surface area contributed by atoms with Crippen molar-refractivity contribution >= 4 is 5.91 Å². The van der Waals surface area contributed by atoms with Gasteiger partial charge in [0.05, 0.1) is 0 Å². The molecule has 1 aliphatic carbocycles. The minimum absolute atomic E-state index is 0.0191. The van der Waals surface area contributed by atoms with E-state index in [0.29, 0.717) is 0 Å². The normalized spacial score (nSPS) is 22.1. The Morgan fingerprint density at radius 1 is 1.35 bits per heavy atom. The maximum Gasteiger partial charge on any atom is 0.221 e. The van der Waals surface area contributed by atoms with Crippen molar-refractivity contribution in [2.75, 3.05) is 0 Å². The molecule has 1 aliphatic heterocycles. The number of nitrogens with one attached hydrogen (secondary N) is 1. The van der Waals surface area contributed by atoms with Gasteiger partial charge in [0.1, 0.15) is 11.4 Å². The zero-order chi connectivity index (χ0) is 12.8. The lowest BCUT2D eigenvalue weighted by Gasteiger charge is -2.23. The van der Waals surface area contributed by atoms with E-state index in [1.165, 1.54) is 12.5 Å². The molecule has 2 rings (SSSR count). The van der Waals surface area contributed by atoms with E-state index in [2.05, 4.69) is 11.4 Å². The molecule has 0 bridgehead atoms. The van der Waals surface area contributed by atoms with E-state index < -0.39 is 0 Å². The fourth-order valence-corrected chi connectivity index (χ4v) is 2.36. The number of allylic oxidation sites excluding steroid dienone is 4. The average Bonchev–Trinajstić information content (AvgIpc) is 2.48. The summed E-state index contributed by atoms with van der Waals surface area (Å²) in [7, 11) is 0. The van der Waals surface area contributed by atoms with Crippen LogP contribution >= 0.6 is 0 Å². The van der Waals surface area contributed by atoms with Gasteiger partial charge >= 0.3 is 0 Å². The van der Waals surface area contributed by atoms with Crippen LogP contribution in [0, 0.1) is 0 Å². The van der Waals surface area contributed by atoms with E-state index in [0.717, 1.165) is 29.0 Å². The van der Waals surface area contributed by atoms with E-state index in [1.807, 2.05) is 27.7 Å². The highest BCUT2D eigenvalue weighted by Gasteiger charge is 2.33. The van der Waals surface area contributed by atoms with Crippen molar-refractivity contribution in [1.29, 1.82) is 0 Å². The molecule has 0 atom stereocenters. The summed E-state index contributed by atoms with van der Waals surface area (Å²) in [6.07, 6.45) is 2.89. The summed E-state index contributed by atoms with van der Waals surface area (Å²) in [6, 6.07) is 0. The van der Waals surface area contributed by atoms with Crippen LogP contribution < -0.4 is 5.32 Å². The molecule has 17 heavy (non-hydrogen) atoms. The summed E-state index contributed by atoms with van der Waals surface area (Å²) < 4.78 is 5.93. The molecule has 0 aromatic carbocycles. The molecule has 0 fully saturated rings. The van der Waals surface area contributed by atoms with Gasteiger partial charge in [-0.2, -0.15) is 0 Å². The monoisotopic (exact) mass is 233 g/mol. The highest BCUT2D eigenvalue weighted by molar-refractivity contribution is 5.76. The zero-order valence-corrected chi connectivity index (χ0v) is 11.1. The quantitative estimate of drug-likeness (QED) is 0.756. The Hall–Kier alpha value is -1.51. The van der Waals surface area contributed by atoms with Crippen molar-refractivity contribution in [3.8, 4) is 0 Å². The van der Waals surface area contributed by atoms with E-state index in [-0.39, 0.29) is 11.5 Å². The molecule has 0 spiro atoms. The number of carbonyl (C=O) groups excluding carboxylic acids is 1. The second-order valence-corrected chi connectivity index (χ2v) is 5.29. The average molecular weight is 233 g/mol. The third-order valence-corrected chi connectivity index (χ3v) is 3.23. The molecule has 92 valence electrons. The first-order chi connectivity index (χ1) is 7.80. The van der Waals surface area contributed by atoms with Gasteiger partial charge in [0, 0.05) is 24.6 Å². The van der Waals surface area contributed by atoms with Gasteiger partial charge in [0.2, 0.25) is 5.91 Å². The molecular weight excluding hydrogens is 214 g/mol. The van der Waals surface area contributed by atoms with E-state index in [4.69, 9.17) is 4.74 Å². The van der Waals surface area contributed by atoms with Crippen LogP contribution in [0.3, 0.4) is 0 Å². The van der Waals surface area contributed by atoms with Crippen molar-refractivity contribution in [2.45, 2.75) is 46.6 Å². The van der Waals surface area contributed by atoms with E-state index in [9.17, 15) is 4.79 Å². The fourth-order valence-electron chi connectivity index (χ4n) is 2.36. The van der Waals surface area contributed by atoms with Gasteiger partial charge in [-0.1, -0.05) is 0 Å². The maximum atomic E-state index is 11.2. The van der Waals surface area contributed by atoms with Crippen LogP contribution in [0.5, 0.6) is 0 Å². The van der Waals surface area contributed by atoms with E-state index in [1.54, 1.807) is 0 Å². The van der Waals surface area contributed by atoms with Crippen LogP contribution in [0.15, 0.2) is 34.3 Å². The molecule has 0 aromatic heterocycles. The molecule has 0 saturated carbocycles. The van der Waals surface area contributed by atoms with Gasteiger partial charge in [0.15, 0.2) is 0 Å². The maximum absolute atomic E-state index is 11.2. The lowest BCUT2D eigenvalue weighted by Crippen LogP contribution is -2.23. The minimum Gasteiger partial charge on any atom is -0.483 e. The molecule has 1 N–H and O–H groups in total. The molecule has 2 aliphatic rings.